The minimum absolute atomic E-state index is 0.256. The number of thiazole rings is 1. The first kappa shape index (κ1) is 19.3. The fraction of sp³-hybridized carbons (Fsp3) is 0.125. The Hall–Kier alpha value is -3.71. The van der Waals surface area contributed by atoms with Gasteiger partial charge in [0.05, 0.1) is 5.69 Å². The molecule has 1 N–H and O–H groups in total. The van der Waals surface area contributed by atoms with E-state index >= 15 is 0 Å². The largest absolute Gasteiger partial charge is 0.482 e. The number of hydrogen-bond donors (Lipinski definition) is 1. The monoisotopic (exact) mass is 429 g/mol. The third-order valence-corrected chi connectivity index (χ3v) is 5.83. The summed E-state index contributed by atoms with van der Waals surface area (Å²) in [5, 5.41) is 5.84. The fourth-order valence-corrected chi connectivity index (χ4v) is 4.22. The molecule has 154 valence electrons. The van der Waals surface area contributed by atoms with Crippen LogP contribution in [0.3, 0.4) is 0 Å². The van der Waals surface area contributed by atoms with Gasteiger partial charge in [-0.15, -0.1) is 11.3 Å². The highest BCUT2D eigenvalue weighted by molar-refractivity contribution is 7.13. The molecule has 1 amide bonds. The van der Waals surface area contributed by atoms with Crippen LogP contribution >= 0.6 is 11.3 Å². The normalized spacial score (nSPS) is 17.2. The van der Waals surface area contributed by atoms with Gasteiger partial charge in [-0.3, -0.25) is 9.78 Å². The van der Waals surface area contributed by atoms with Crippen LogP contribution in [0.5, 0.6) is 11.5 Å². The lowest BCUT2D eigenvalue weighted by Crippen LogP contribution is -2.46. The average molecular weight is 430 g/mol. The third-order valence-electron chi connectivity index (χ3n) is 4.94. The quantitative estimate of drug-likeness (QED) is 0.492. The third kappa shape index (κ3) is 4.00. The molecule has 2 atom stereocenters. The summed E-state index contributed by atoms with van der Waals surface area (Å²) >= 11 is 1.56. The number of benzene rings is 2. The number of ether oxygens (including phenoxy) is 2. The van der Waals surface area contributed by atoms with Gasteiger partial charge in [0.1, 0.15) is 11.1 Å². The van der Waals surface area contributed by atoms with Gasteiger partial charge in [0.2, 0.25) is 6.10 Å². The molecule has 31 heavy (non-hydrogen) atoms. The Morgan fingerprint density at radius 1 is 1.00 bits per heavy atom. The van der Waals surface area contributed by atoms with Crippen molar-refractivity contribution in [2.75, 3.05) is 5.32 Å². The van der Waals surface area contributed by atoms with E-state index in [0.717, 1.165) is 21.8 Å². The zero-order chi connectivity index (χ0) is 21.2. The first-order valence-corrected chi connectivity index (χ1v) is 10.7. The molecule has 0 aliphatic carbocycles. The number of rotatable bonds is 4. The highest BCUT2D eigenvalue weighted by atomic mass is 32.1. The topological polar surface area (TPSA) is 73.3 Å². The number of aromatic nitrogens is 2. The Balaban J connectivity index is 1.33. The van der Waals surface area contributed by atoms with Crippen molar-refractivity contribution in [3.05, 3.63) is 78.4 Å². The molecule has 6 nitrogen and oxygen atoms in total. The first-order valence-electron chi connectivity index (χ1n) is 9.87. The summed E-state index contributed by atoms with van der Waals surface area (Å²) < 4.78 is 11.7. The summed E-state index contributed by atoms with van der Waals surface area (Å²) in [6.07, 6.45) is 2.39. The van der Waals surface area contributed by atoms with Gasteiger partial charge >= 0.3 is 0 Å². The number of pyridine rings is 1. The molecule has 0 fully saturated rings. The Morgan fingerprint density at radius 2 is 1.81 bits per heavy atom. The minimum Gasteiger partial charge on any atom is -0.482 e. The van der Waals surface area contributed by atoms with Crippen molar-refractivity contribution in [3.63, 3.8) is 0 Å². The summed E-state index contributed by atoms with van der Waals surface area (Å²) in [7, 11) is 0. The maximum atomic E-state index is 12.9. The maximum Gasteiger partial charge on any atom is 0.269 e. The smallest absolute Gasteiger partial charge is 0.269 e. The lowest BCUT2D eigenvalue weighted by atomic mass is 10.1. The second-order valence-corrected chi connectivity index (χ2v) is 8.02. The van der Waals surface area contributed by atoms with Crippen LogP contribution in [0.2, 0.25) is 0 Å². The summed E-state index contributed by atoms with van der Waals surface area (Å²) in [6, 6.07) is 18.8. The van der Waals surface area contributed by atoms with Crippen LogP contribution in [0.1, 0.15) is 6.92 Å². The van der Waals surface area contributed by atoms with Crippen molar-refractivity contribution >= 4 is 22.9 Å². The van der Waals surface area contributed by atoms with E-state index in [0.29, 0.717) is 17.2 Å². The van der Waals surface area contributed by atoms with E-state index in [4.69, 9.17) is 14.5 Å². The molecule has 3 heterocycles. The van der Waals surface area contributed by atoms with Crippen LogP contribution in [0, 0.1) is 0 Å². The molecule has 2 unspecified atom stereocenters. The molecule has 0 radical (unpaired) electrons. The van der Waals surface area contributed by atoms with Gasteiger partial charge in [-0.25, -0.2) is 4.98 Å². The summed E-state index contributed by atoms with van der Waals surface area (Å²) in [6.45, 7) is 1.83. The average Bonchev–Trinajstić information content (AvgIpc) is 3.30. The first-order chi connectivity index (χ1) is 15.2. The molecule has 2 aromatic heterocycles. The van der Waals surface area contributed by atoms with Crippen LogP contribution in [0.15, 0.2) is 78.4 Å². The zero-order valence-corrected chi connectivity index (χ0v) is 17.5. The van der Waals surface area contributed by atoms with Gasteiger partial charge in [-0.2, -0.15) is 0 Å². The Labute approximate surface area is 183 Å². The van der Waals surface area contributed by atoms with Crippen molar-refractivity contribution in [2.45, 2.75) is 19.1 Å². The van der Waals surface area contributed by atoms with Crippen molar-refractivity contribution in [3.8, 4) is 33.3 Å². The molecule has 0 saturated carbocycles. The lowest BCUT2D eigenvalue weighted by Gasteiger charge is -2.31. The number of para-hydroxylation sites is 2. The Bertz CT molecular complexity index is 1230. The number of fused-ring (bicyclic) bond motifs is 1. The van der Waals surface area contributed by atoms with Crippen molar-refractivity contribution in [1.29, 1.82) is 0 Å². The molecular formula is C24H19N3O3S. The molecular weight excluding hydrogens is 410 g/mol. The van der Waals surface area contributed by atoms with Gasteiger partial charge in [0.15, 0.2) is 11.5 Å². The maximum absolute atomic E-state index is 12.9. The molecule has 2 aromatic carbocycles. The van der Waals surface area contributed by atoms with Crippen LogP contribution in [-0.2, 0) is 4.79 Å². The number of nitrogens with one attached hydrogen (secondary N) is 1. The van der Waals surface area contributed by atoms with Crippen molar-refractivity contribution in [2.24, 2.45) is 0 Å². The molecule has 1 aliphatic rings. The number of carbonyl (C=O) groups is 1. The second kappa shape index (κ2) is 8.20. The zero-order valence-electron chi connectivity index (χ0n) is 16.7. The molecule has 0 bridgehead atoms. The standard InChI is InChI=1S/C24H19N3O3S/c1-15-22(30-21-10-3-2-9-20(21)29-15)23(28)26-18-8-4-6-16(12-18)19-14-31-24(27-19)17-7-5-11-25-13-17/h2-15,22H,1H3,(H,26,28). The van der Waals surface area contributed by atoms with E-state index in [1.807, 2.05) is 66.9 Å². The molecule has 0 saturated heterocycles. The van der Waals surface area contributed by atoms with Crippen molar-refractivity contribution in [1.82, 2.24) is 9.97 Å². The van der Waals surface area contributed by atoms with Crippen LogP contribution in [-0.4, -0.2) is 28.1 Å². The number of anilines is 1. The lowest BCUT2D eigenvalue weighted by molar-refractivity contribution is -0.128. The van der Waals surface area contributed by atoms with Gasteiger partial charge in [0, 0.05) is 34.6 Å². The van der Waals surface area contributed by atoms with E-state index in [1.54, 1.807) is 29.8 Å². The summed E-state index contributed by atoms with van der Waals surface area (Å²) in [5.74, 6) is 0.961. The SMILES string of the molecule is CC1Oc2ccccc2OC1C(=O)Nc1cccc(-c2csc(-c3cccnc3)n2)c1. The number of nitrogens with zero attached hydrogens (tertiary/aromatic N) is 2. The Morgan fingerprint density at radius 3 is 2.61 bits per heavy atom. The van der Waals surface area contributed by atoms with E-state index in [1.165, 1.54) is 0 Å². The number of amides is 1. The van der Waals surface area contributed by atoms with E-state index in [-0.39, 0.29) is 5.91 Å². The number of carbonyl (C=O) groups excluding carboxylic acids is 1. The van der Waals surface area contributed by atoms with Gasteiger partial charge in [-0.05, 0) is 43.3 Å². The van der Waals surface area contributed by atoms with E-state index in [9.17, 15) is 4.79 Å². The number of hydrogen-bond acceptors (Lipinski definition) is 6. The molecule has 7 heteroatoms. The van der Waals surface area contributed by atoms with Crippen molar-refractivity contribution < 1.29 is 14.3 Å². The second-order valence-electron chi connectivity index (χ2n) is 7.16. The summed E-state index contributed by atoms with van der Waals surface area (Å²) in [4.78, 5) is 21.8. The summed E-state index contributed by atoms with van der Waals surface area (Å²) in [5.41, 5.74) is 3.42. The van der Waals surface area contributed by atoms with E-state index in [2.05, 4.69) is 10.3 Å². The van der Waals surface area contributed by atoms with Gasteiger partial charge in [0.25, 0.3) is 5.91 Å². The molecule has 0 spiro atoms. The van der Waals surface area contributed by atoms with Gasteiger partial charge < -0.3 is 14.8 Å². The van der Waals surface area contributed by atoms with Crippen LogP contribution in [0.4, 0.5) is 5.69 Å². The highest BCUT2D eigenvalue weighted by Crippen LogP contribution is 2.34. The van der Waals surface area contributed by atoms with E-state index < -0.39 is 12.2 Å². The predicted molar refractivity (Wildman–Crippen MR) is 120 cm³/mol. The van der Waals surface area contributed by atoms with Crippen LogP contribution in [0.25, 0.3) is 21.8 Å². The van der Waals surface area contributed by atoms with Crippen LogP contribution < -0.4 is 14.8 Å². The predicted octanol–water partition coefficient (Wildman–Crippen LogP) is 5.04. The molecule has 4 aromatic rings. The minimum atomic E-state index is -0.741. The molecule has 5 rings (SSSR count). The van der Waals surface area contributed by atoms with Gasteiger partial charge in [-0.1, -0.05) is 24.3 Å². The highest BCUT2D eigenvalue weighted by Gasteiger charge is 2.34. The fourth-order valence-electron chi connectivity index (χ4n) is 3.40. The Kier molecular flexibility index (Phi) is 5.09. The molecule has 1 aliphatic heterocycles.